The summed E-state index contributed by atoms with van der Waals surface area (Å²) >= 11 is 5.67. The van der Waals surface area contributed by atoms with Crippen LogP contribution >= 0.6 is 11.6 Å². The van der Waals surface area contributed by atoms with Gasteiger partial charge < -0.3 is 4.90 Å². The van der Waals surface area contributed by atoms with E-state index in [1.165, 1.54) is 16.6 Å². The van der Waals surface area contributed by atoms with E-state index in [9.17, 15) is 8.42 Å². The summed E-state index contributed by atoms with van der Waals surface area (Å²) in [6.45, 7) is 3.76. The zero-order chi connectivity index (χ0) is 14.0. The van der Waals surface area contributed by atoms with E-state index in [2.05, 4.69) is 9.88 Å². The third-order valence-electron chi connectivity index (χ3n) is 3.48. The van der Waals surface area contributed by atoms with Gasteiger partial charge in [0.15, 0.2) is 5.03 Å². The number of likely N-dealkylation sites (N-methyl/N-ethyl adjacent to an activating group) is 1. The van der Waals surface area contributed by atoms with E-state index in [0.29, 0.717) is 19.0 Å². The van der Waals surface area contributed by atoms with Gasteiger partial charge in [0.25, 0.3) is 10.0 Å². The molecule has 1 fully saturated rings. The van der Waals surface area contributed by atoms with Crippen molar-refractivity contribution in [1.82, 2.24) is 14.2 Å². The minimum atomic E-state index is -3.49. The molecule has 1 aromatic heterocycles. The van der Waals surface area contributed by atoms with Gasteiger partial charge in [0.1, 0.15) is 0 Å². The third kappa shape index (κ3) is 3.08. The van der Waals surface area contributed by atoms with E-state index in [-0.39, 0.29) is 11.1 Å². The molecule has 1 aliphatic heterocycles. The van der Waals surface area contributed by atoms with Crippen LogP contribution in [0.5, 0.6) is 0 Å². The summed E-state index contributed by atoms with van der Waals surface area (Å²) < 4.78 is 26.4. The van der Waals surface area contributed by atoms with Gasteiger partial charge >= 0.3 is 0 Å². The van der Waals surface area contributed by atoms with E-state index in [1.807, 2.05) is 14.0 Å². The van der Waals surface area contributed by atoms with Crippen LogP contribution in [0.2, 0.25) is 0 Å². The summed E-state index contributed by atoms with van der Waals surface area (Å²) in [4.78, 5) is 6.16. The Bertz CT molecular complexity index is 532. The third-order valence-corrected chi connectivity index (χ3v) is 5.57. The first-order chi connectivity index (χ1) is 8.95. The van der Waals surface area contributed by atoms with Crippen LogP contribution in [-0.2, 0) is 15.9 Å². The van der Waals surface area contributed by atoms with Crippen LogP contribution in [0.15, 0.2) is 23.4 Å². The van der Waals surface area contributed by atoms with Crippen molar-refractivity contribution in [1.29, 1.82) is 0 Å². The van der Waals surface area contributed by atoms with Gasteiger partial charge in [-0.3, -0.25) is 0 Å². The fourth-order valence-electron chi connectivity index (χ4n) is 2.01. The fourth-order valence-corrected chi connectivity index (χ4v) is 3.59. The van der Waals surface area contributed by atoms with Crippen LogP contribution in [0.25, 0.3) is 0 Å². The number of alkyl halides is 1. The number of piperazine rings is 1. The lowest BCUT2D eigenvalue weighted by Crippen LogP contribution is -2.51. The lowest BCUT2D eigenvalue weighted by atomic mass is 10.2. The number of hydrogen-bond donors (Lipinski definition) is 0. The Balaban J connectivity index is 2.21. The van der Waals surface area contributed by atoms with Crippen LogP contribution in [0.3, 0.4) is 0 Å². The molecule has 1 saturated heterocycles. The largest absolute Gasteiger partial charge is 0.301 e. The normalized spacial score (nSPS) is 22.6. The minimum Gasteiger partial charge on any atom is -0.301 e. The molecule has 0 bridgehead atoms. The lowest BCUT2D eigenvalue weighted by Gasteiger charge is -2.36. The molecule has 1 aromatic rings. The molecule has 0 aromatic carbocycles. The van der Waals surface area contributed by atoms with E-state index >= 15 is 0 Å². The summed E-state index contributed by atoms with van der Waals surface area (Å²) in [6, 6.07) is 3.44. The molecule has 7 heteroatoms. The topological polar surface area (TPSA) is 53.5 Å². The smallest absolute Gasteiger partial charge is 0.260 e. The van der Waals surface area contributed by atoms with Crippen LogP contribution in [0.1, 0.15) is 12.5 Å². The number of sulfonamides is 1. The van der Waals surface area contributed by atoms with Crippen molar-refractivity contribution in [2.24, 2.45) is 0 Å². The molecule has 1 aliphatic rings. The van der Waals surface area contributed by atoms with Crippen molar-refractivity contribution >= 4 is 21.6 Å². The summed E-state index contributed by atoms with van der Waals surface area (Å²) in [5, 5.41) is 0.0955. The number of hydrogen-bond acceptors (Lipinski definition) is 4. The highest BCUT2D eigenvalue weighted by Crippen LogP contribution is 2.18. The second-order valence-corrected chi connectivity index (χ2v) is 6.98. The van der Waals surface area contributed by atoms with Crippen molar-refractivity contribution in [3.05, 3.63) is 23.9 Å². The Hall–Kier alpha value is -0.690. The number of halogens is 1. The lowest BCUT2D eigenvalue weighted by molar-refractivity contribution is 0.159. The highest BCUT2D eigenvalue weighted by Gasteiger charge is 2.31. The van der Waals surface area contributed by atoms with E-state index in [4.69, 9.17) is 11.6 Å². The van der Waals surface area contributed by atoms with Gasteiger partial charge in [0, 0.05) is 37.8 Å². The molecule has 0 spiro atoms. The average molecular weight is 304 g/mol. The summed E-state index contributed by atoms with van der Waals surface area (Å²) in [6.07, 6.45) is 1.51. The van der Waals surface area contributed by atoms with Crippen LogP contribution < -0.4 is 0 Å². The van der Waals surface area contributed by atoms with Gasteiger partial charge in [0.2, 0.25) is 0 Å². The first-order valence-electron chi connectivity index (χ1n) is 6.16. The summed E-state index contributed by atoms with van der Waals surface area (Å²) in [5.74, 6) is 0.332. The van der Waals surface area contributed by atoms with Crippen LogP contribution in [-0.4, -0.2) is 55.3 Å². The molecule has 1 unspecified atom stereocenters. The average Bonchev–Trinajstić information content (AvgIpc) is 2.41. The highest BCUT2D eigenvalue weighted by molar-refractivity contribution is 7.89. The van der Waals surface area contributed by atoms with Crippen molar-refractivity contribution in [3.8, 4) is 0 Å². The molecule has 0 N–H and O–H groups in total. The van der Waals surface area contributed by atoms with E-state index < -0.39 is 10.0 Å². The van der Waals surface area contributed by atoms with Crippen molar-refractivity contribution in [2.75, 3.05) is 26.7 Å². The van der Waals surface area contributed by atoms with Gasteiger partial charge in [-0.25, -0.2) is 13.4 Å². The standard InChI is InChI=1S/C12H18ClN3O2S/c1-10-9-16(6-5-15(10)2)19(17,18)12-4-3-11(7-13)8-14-12/h3-4,8,10H,5-7,9H2,1-2H3. The van der Waals surface area contributed by atoms with Crippen molar-refractivity contribution in [3.63, 3.8) is 0 Å². The highest BCUT2D eigenvalue weighted by atomic mass is 35.5. The maximum absolute atomic E-state index is 12.5. The Kier molecular flexibility index (Phi) is 4.45. The molecule has 0 aliphatic carbocycles. The quantitative estimate of drug-likeness (QED) is 0.786. The SMILES string of the molecule is CC1CN(S(=O)(=O)c2ccc(CCl)cn2)CCN1C. The molecule has 0 amide bonds. The van der Waals surface area contributed by atoms with Gasteiger partial charge in [-0.2, -0.15) is 4.31 Å². The molecule has 0 radical (unpaired) electrons. The Labute approximate surface area is 119 Å². The van der Waals surface area contributed by atoms with Gasteiger partial charge in [0.05, 0.1) is 0 Å². The summed E-state index contributed by atoms with van der Waals surface area (Å²) in [7, 11) is -1.49. The molecular formula is C12H18ClN3O2S. The predicted molar refractivity (Wildman–Crippen MR) is 74.6 cm³/mol. The van der Waals surface area contributed by atoms with Crippen LogP contribution in [0.4, 0.5) is 0 Å². The van der Waals surface area contributed by atoms with E-state index in [0.717, 1.165) is 12.1 Å². The van der Waals surface area contributed by atoms with Gasteiger partial charge in [-0.15, -0.1) is 11.6 Å². The number of aromatic nitrogens is 1. The number of nitrogens with zero attached hydrogens (tertiary/aromatic N) is 3. The zero-order valence-corrected chi connectivity index (χ0v) is 12.7. The summed E-state index contributed by atoms with van der Waals surface area (Å²) in [5.41, 5.74) is 0.812. The molecule has 2 rings (SSSR count). The Morgan fingerprint density at radius 1 is 1.42 bits per heavy atom. The maximum atomic E-state index is 12.5. The second-order valence-electron chi connectivity index (χ2n) is 4.83. The zero-order valence-electron chi connectivity index (χ0n) is 11.1. The van der Waals surface area contributed by atoms with Crippen LogP contribution in [0, 0.1) is 0 Å². The number of rotatable bonds is 3. The molecular weight excluding hydrogens is 286 g/mol. The number of pyridine rings is 1. The first-order valence-corrected chi connectivity index (χ1v) is 8.14. The van der Waals surface area contributed by atoms with Crippen molar-refractivity contribution < 1.29 is 8.42 Å². The maximum Gasteiger partial charge on any atom is 0.260 e. The molecule has 106 valence electrons. The Morgan fingerprint density at radius 2 is 2.16 bits per heavy atom. The molecule has 5 nitrogen and oxygen atoms in total. The van der Waals surface area contributed by atoms with Crippen molar-refractivity contribution in [2.45, 2.75) is 23.9 Å². The second kappa shape index (κ2) is 5.75. The van der Waals surface area contributed by atoms with Gasteiger partial charge in [-0.05, 0) is 25.6 Å². The predicted octanol–water partition coefficient (Wildman–Crippen LogP) is 1.15. The first kappa shape index (κ1) is 14.7. The van der Waals surface area contributed by atoms with Gasteiger partial charge in [-0.1, -0.05) is 6.07 Å². The fraction of sp³-hybridized carbons (Fsp3) is 0.583. The monoisotopic (exact) mass is 303 g/mol. The molecule has 1 atom stereocenters. The van der Waals surface area contributed by atoms with E-state index in [1.54, 1.807) is 6.07 Å². The molecule has 0 saturated carbocycles. The Morgan fingerprint density at radius 3 is 2.68 bits per heavy atom. The minimum absolute atomic E-state index is 0.0955. The molecule has 2 heterocycles. The molecule has 19 heavy (non-hydrogen) atoms.